The van der Waals surface area contributed by atoms with E-state index in [1.807, 2.05) is 48.1 Å². The molecule has 5 nitrogen and oxygen atoms in total. The van der Waals surface area contributed by atoms with Crippen LogP contribution < -0.4 is 11.1 Å². The normalized spacial score (nSPS) is 11.5. The molecule has 2 aromatic rings. The predicted molar refractivity (Wildman–Crippen MR) is 73.5 cm³/mol. The summed E-state index contributed by atoms with van der Waals surface area (Å²) in [6.07, 6.45) is 4.48. The number of imidazole rings is 1. The van der Waals surface area contributed by atoms with Crippen molar-refractivity contribution in [1.29, 1.82) is 0 Å². The van der Waals surface area contributed by atoms with E-state index >= 15 is 0 Å². The van der Waals surface area contributed by atoms with Gasteiger partial charge in [-0.1, -0.05) is 18.2 Å². The summed E-state index contributed by atoms with van der Waals surface area (Å²) in [4.78, 5) is 8.49. The van der Waals surface area contributed by atoms with Gasteiger partial charge in [0.2, 0.25) is 0 Å². The van der Waals surface area contributed by atoms with E-state index in [-0.39, 0.29) is 0 Å². The number of rotatable bonds is 4. The molecule has 0 aliphatic heterocycles. The minimum absolute atomic E-state index is 0.426. The summed E-state index contributed by atoms with van der Waals surface area (Å²) in [6.45, 7) is 0.622. The summed E-state index contributed by atoms with van der Waals surface area (Å²) in [5.41, 5.74) is 6.74. The zero-order valence-corrected chi connectivity index (χ0v) is 10.4. The molecule has 5 heteroatoms. The minimum Gasteiger partial charge on any atom is -0.370 e. The fourth-order valence-electron chi connectivity index (χ4n) is 1.62. The van der Waals surface area contributed by atoms with Gasteiger partial charge in [0.05, 0.1) is 0 Å². The molecule has 0 amide bonds. The van der Waals surface area contributed by atoms with E-state index in [1.165, 1.54) is 0 Å². The quantitative estimate of drug-likeness (QED) is 0.630. The first-order valence-electron chi connectivity index (χ1n) is 5.84. The summed E-state index contributed by atoms with van der Waals surface area (Å²) >= 11 is 0. The molecule has 1 aromatic heterocycles. The average Bonchev–Trinajstić information content (AvgIpc) is 2.76. The molecule has 0 spiro atoms. The van der Waals surface area contributed by atoms with Crippen molar-refractivity contribution < 1.29 is 0 Å². The molecule has 1 aromatic carbocycles. The number of guanidine groups is 1. The summed E-state index contributed by atoms with van der Waals surface area (Å²) in [5.74, 6) is 1.43. The molecular weight excluding hydrogens is 226 g/mol. The predicted octanol–water partition coefficient (Wildman–Crippen LogP) is 1.39. The molecule has 1 heterocycles. The van der Waals surface area contributed by atoms with Crippen LogP contribution in [0.3, 0.4) is 0 Å². The van der Waals surface area contributed by atoms with E-state index in [9.17, 15) is 0 Å². The number of nitrogens with two attached hydrogens (primary N) is 1. The lowest BCUT2D eigenvalue weighted by molar-refractivity contribution is 0.778. The van der Waals surface area contributed by atoms with Crippen LogP contribution in [-0.2, 0) is 13.5 Å². The molecule has 94 valence electrons. The van der Waals surface area contributed by atoms with Crippen molar-refractivity contribution in [3.8, 4) is 0 Å². The zero-order chi connectivity index (χ0) is 12.8. The number of para-hydroxylation sites is 1. The Morgan fingerprint density at radius 2 is 2.17 bits per heavy atom. The second kappa shape index (κ2) is 5.86. The van der Waals surface area contributed by atoms with Crippen LogP contribution in [0.2, 0.25) is 0 Å². The Morgan fingerprint density at radius 1 is 1.39 bits per heavy atom. The number of aromatic nitrogens is 2. The molecule has 0 atom stereocenters. The van der Waals surface area contributed by atoms with Crippen molar-refractivity contribution in [2.24, 2.45) is 17.8 Å². The van der Waals surface area contributed by atoms with Crippen LogP contribution >= 0.6 is 0 Å². The lowest BCUT2D eigenvalue weighted by Crippen LogP contribution is -2.23. The summed E-state index contributed by atoms with van der Waals surface area (Å²) < 4.78 is 1.98. The first-order chi connectivity index (χ1) is 8.75. The minimum atomic E-state index is 0.426. The highest BCUT2D eigenvalue weighted by atomic mass is 15.1. The molecule has 0 saturated heterocycles. The SMILES string of the molecule is Cn1ccnc1CCN=C(N)Nc1ccccc1. The zero-order valence-electron chi connectivity index (χ0n) is 10.4. The molecular formula is C13H17N5. The van der Waals surface area contributed by atoms with Crippen molar-refractivity contribution in [2.75, 3.05) is 11.9 Å². The van der Waals surface area contributed by atoms with Crippen molar-refractivity contribution in [1.82, 2.24) is 9.55 Å². The molecule has 0 bridgehead atoms. The van der Waals surface area contributed by atoms with Crippen molar-refractivity contribution in [3.05, 3.63) is 48.5 Å². The maximum absolute atomic E-state index is 5.79. The number of benzene rings is 1. The van der Waals surface area contributed by atoms with E-state index in [2.05, 4.69) is 15.3 Å². The van der Waals surface area contributed by atoms with Crippen molar-refractivity contribution in [2.45, 2.75) is 6.42 Å². The third-order valence-electron chi connectivity index (χ3n) is 2.58. The number of anilines is 1. The molecule has 2 rings (SSSR count). The number of hydrogen-bond donors (Lipinski definition) is 2. The Kier molecular flexibility index (Phi) is 3.96. The maximum Gasteiger partial charge on any atom is 0.193 e. The van der Waals surface area contributed by atoms with Crippen molar-refractivity contribution >= 4 is 11.6 Å². The van der Waals surface area contributed by atoms with Gasteiger partial charge in [-0.2, -0.15) is 0 Å². The average molecular weight is 243 g/mol. The fraction of sp³-hybridized carbons (Fsp3) is 0.231. The summed E-state index contributed by atoms with van der Waals surface area (Å²) in [5, 5.41) is 3.04. The van der Waals surface area contributed by atoms with E-state index in [4.69, 9.17) is 5.73 Å². The topological polar surface area (TPSA) is 68.2 Å². The molecule has 0 fully saturated rings. The van der Waals surface area contributed by atoms with Crippen LogP contribution in [0.1, 0.15) is 5.82 Å². The van der Waals surface area contributed by atoms with Gasteiger partial charge in [-0.15, -0.1) is 0 Å². The number of hydrogen-bond acceptors (Lipinski definition) is 2. The number of nitrogens with one attached hydrogen (secondary N) is 1. The lowest BCUT2D eigenvalue weighted by atomic mass is 10.3. The Hall–Kier alpha value is -2.30. The van der Waals surface area contributed by atoms with Gasteiger partial charge in [0.15, 0.2) is 5.96 Å². The molecule has 0 saturated carbocycles. The number of nitrogens with zero attached hydrogens (tertiary/aromatic N) is 3. The van der Waals surface area contributed by atoms with Gasteiger partial charge in [0, 0.05) is 38.1 Å². The second-order valence-electron chi connectivity index (χ2n) is 3.96. The van der Waals surface area contributed by atoms with Gasteiger partial charge in [-0.3, -0.25) is 4.99 Å². The van der Waals surface area contributed by atoms with Crippen LogP contribution in [0.5, 0.6) is 0 Å². The lowest BCUT2D eigenvalue weighted by Gasteiger charge is -2.05. The van der Waals surface area contributed by atoms with Crippen LogP contribution in [0.15, 0.2) is 47.7 Å². The molecule has 3 N–H and O–H groups in total. The number of aryl methyl sites for hydroxylation is 1. The highest BCUT2D eigenvalue weighted by Gasteiger charge is 1.98. The van der Waals surface area contributed by atoms with Crippen LogP contribution in [0.25, 0.3) is 0 Å². The van der Waals surface area contributed by atoms with Crippen LogP contribution in [0, 0.1) is 0 Å². The Morgan fingerprint density at radius 3 is 2.83 bits per heavy atom. The Bertz CT molecular complexity index is 515. The Labute approximate surface area is 106 Å². The standard InChI is InChI=1S/C13H17N5/c1-18-10-9-15-12(18)7-8-16-13(14)17-11-5-3-2-4-6-11/h2-6,9-10H,7-8H2,1H3,(H3,14,16,17). The smallest absolute Gasteiger partial charge is 0.193 e. The van der Waals surface area contributed by atoms with E-state index < -0.39 is 0 Å². The van der Waals surface area contributed by atoms with Crippen LogP contribution in [0.4, 0.5) is 5.69 Å². The fourth-order valence-corrected chi connectivity index (χ4v) is 1.62. The molecule has 0 unspecified atom stereocenters. The second-order valence-corrected chi connectivity index (χ2v) is 3.96. The van der Waals surface area contributed by atoms with Gasteiger partial charge in [-0.05, 0) is 12.1 Å². The third kappa shape index (κ3) is 3.35. The van der Waals surface area contributed by atoms with Crippen molar-refractivity contribution in [3.63, 3.8) is 0 Å². The van der Waals surface area contributed by atoms with Gasteiger partial charge in [-0.25, -0.2) is 4.98 Å². The number of aliphatic imine (C=N–C) groups is 1. The first-order valence-corrected chi connectivity index (χ1v) is 5.84. The molecule has 0 aliphatic rings. The van der Waals surface area contributed by atoms with Gasteiger partial charge < -0.3 is 15.6 Å². The van der Waals surface area contributed by atoms with E-state index in [0.717, 1.165) is 17.9 Å². The molecule has 0 aliphatic carbocycles. The van der Waals surface area contributed by atoms with Crippen LogP contribution in [-0.4, -0.2) is 22.1 Å². The monoisotopic (exact) mass is 243 g/mol. The third-order valence-corrected chi connectivity index (χ3v) is 2.58. The summed E-state index contributed by atoms with van der Waals surface area (Å²) in [7, 11) is 1.97. The largest absolute Gasteiger partial charge is 0.370 e. The van der Waals surface area contributed by atoms with E-state index in [1.54, 1.807) is 6.20 Å². The van der Waals surface area contributed by atoms with Gasteiger partial charge in [0.25, 0.3) is 0 Å². The Balaban J connectivity index is 1.84. The highest BCUT2D eigenvalue weighted by Crippen LogP contribution is 2.03. The molecule has 0 radical (unpaired) electrons. The van der Waals surface area contributed by atoms with Gasteiger partial charge in [0.1, 0.15) is 5.82 Å². The maximum atomic E-state index is 5.79. The van der Waals surface area contributed by atoms with Gasteiger partial charge >= 0.3 is 0 Å². The van der Waals surface area contributed by atoms with E-state index in [0.29, 0.717) is 12.5 Å². The molecule has 18 heavy (non-hydrogen) atoms. The summed E-state index contributed by atoms with van der Waals surface area (Å²) in [6, 6.07) is 9.74. The highest BCUT2D eigenvalue weighted by molar-refractivity contribution is 5.92. The first kappa shape index (κ1) is 12.2.